The first kappa shape index (κ1) is 13.0. The van der Waals surface area contributed by atoms with Crippen LogP contribution in [0.25, 0.3) is 0 Å². The summed E-state index contributed by atoms with van der Waals surface area (Å²) >= 11 is 0. The molecule has 1 aliphatic carbocycles. The van der Waals surface area contributed by atoms with Crippen LogP contribution in [0.3, 0.4) is 0 Å². The van der Waals surface area contributed by atoms with E-state index in [1.54, 1.807) is 0 Å². The Hall–Kier alpha value is -0.0800. The van der Waals surface area contributed by atoms with Crippen molar-refractivity contribution in [2.24, 2.45) is 11.3 Å². The van der Waals surface area contributed by atoms with Crippen molar-refractivity contribution in [3.8, 4) is 0 Å². The van der Waals surface area contributed by atoms with Crippen molar-refractivity contribution in [3.63, 3.8) is 0 Å². The summed E-state index contributed by atoms with van der Waals surface area (Å²) in [5.41, 5.74) is 0.404. The Labute approximate surface area is 94.3 Å². The number of hydrogen-bond acceptors (Lipinski definition) is 2. The van der Waals surface area contributed by atoms with Crippen LogP contribution < -0.4 is 0 Å². The highest BCUT2D eigenvalue weighted by Crippen LogP contribution is 2.39. The first-order chi connectivity index (χ1) is 6.93. The van der Waals surface area contributed by atoms with E-state index in [0.29, 0.717) is 5.41 Å². The van der Waals surface area contributed by atoms with E-state index in [1.807, 2.05) is 0 Å². The first-order valence-corrected chi connectivity index (χ1v) is 6.25. The molecule has 2 nitrogen and oxygen atoms in total. The second-order valence-electron chi connectivity index (χ2n) is 5.95. The van der Waals surface area contributed by atoms with Crippen molar-refractivity contribution in [1.29, 1.82) is 0 Å². The molecule has 0 saturated heterocycles. The molecule has 15 heavy (non-hydrogen) atoms. The van der Waals surface area contributed by atoms with Crippen molar-refractivity contribution in [2.45, 2.75) is 72.5 Å². The van der Waals surface area contributed by atoms with Gasteiger partial charge in [0.25, 0.3) is 0 Å². The van der Waals surface area contributed by atoms with Crippen molar-refractivity contribution in [2.75, 3.05) is 0 Å². The second-order valence-corrected chi connectivity index (χ2v) is 5.95. The third-order valence-electron chi connectivity index (χ3n) is 3.28. The molecule has 1 rings (SSSR count). The minimum Gasteiger partial charge on any atom is -0.233 e. The van der Waals surface area contributed by atoms with E-state index in [0.717, 1.165) is 25.2 Å². The smallest absolute Gasteiger partial charge is 0.0937 e. The maximum absolute atomic E-state index is 5.54. The molecular formula is C13H26O2. The van der Waals surface area contributed by atoms with Gasteiger partial charge in [0.05, 0.1) is 12.2 Å². The summed E-state index contributed by atoms with van der Waals surface area (Å²) in [4.78, 5) is 10.9. The van der Waals surface area contributed by atoms with Gasteiger partial charge in [-0.2, -0.15) is 0 Å². The van der Waals surface area contributed by atoms with Gasteiger partial charge in [-0.05, 0) is 43.9 Å². The van der Waals surface area contributed by atoms with Crippen LogP contribution >= 0.6 is 0 Å². The Kier molecular flexibility index (Phi) is 4.60. The van der Waals surface area contributed by atoms with Gasteiger partial charge < -0.3 is 0 Å². The van der Waals surface area contributed by atoms with Gasteiger partial charge >= 0.3 is 0 Å². The van der Waals surface area contributed by atoms with Gasteiger partial charge in [0, 0.05) is 0 Å². The predicted molar refractivity (Wildman–Crippen MR) is 62.5 cm³/mol. The molecule has 3 unspecified atom stereocenters. The minimum atomic E-state index is 0.213. The predicted octanol–water partition coefficient (Wildman–Crippen LogP) is 3.95. The third kappa shape index (κ3) is 4.52. The Morgan fingerprint density at radius 2 is 2.00 bits per heavy atom. The highest BCUT2D eigenvalue weighted by molar-refractivity contribution is 4.82. The lowest BCUT2D eigenvalue weighted by molar-refractivity contribution is -0.357. The monoisotopic (exact) mass is 214 g/mol. The molecule has 1 fully saturated rings. The molecule has 3 atom stereocenters. The van der Waals surface area contributed by atoms with E-state index < -0.39 is 0 Å². The quantitative estimate of drug-likeness (QED) is 0.521. The van der Waals surface area contributed by atoms with Crippen LogP contribution in [0.5, 0.6) is 0 Å². The standard InChI is InChI=1S/C13H26O2/c1-6-11(3)14-15-12-7-10(2)8-13(4,5)9-12/h10-12H,6-9H2,1-5H3. The summed E-state index contributed by atoms with van der Waals surface area (Å²) in [7, 11) is 0. The molecule has 0 aromatic carbocycles. The maximum atomic E-state index is 5.54. The summed E-state index contributed by atoms with van der Waals surface area (Å²) in [5, 5.41) is 0. The largest absolute Gasteiger partial charge is 0.233 e. The average molecular weight is 214 g/mol. The summed E-state index contributed by atoms with van der Waals surface area (Å²) in [6, 6.07) is 0. The lowest BCUT2D eigenvalue weighted by Gasteiger charge is -2.38. The lowest BCUT2D eigenvalue weighted by atomic mass is 9.71. The SMILES string of the molecule is CCC(C)OOC1CC(C)CC(C)(C)C1. The van der Waals surface area contributed by atoms with Gasteiger partial charge in [0.1, 0.15) is 0 Å². The zero-order valence-electron chi connectivity index (χ0n) is 10.9. The molecule has 0 radical (unpaired) electrons. The van der Waals surface area contributed by atoms with Crippen LogP contribution in [0.4, 0.5) is 0 Å². The van der Waals surface area contributed by atoms with E-state index in [1.165, 1.54) is 6.42 Å². The van der Waals surface area contributed by atoms with Gasteiger partial charge in [-0.3, -0.25) is 0 Å². The minimum absolute atomic E-state index is 0.213. The van der Waals surface area contributed by atoms with Crippen molar-refractivity contribution >= 4 is 0 Å². The van der Waals surface area contributed by atoms with E-state index in [4.69, 9.17) is 9.78 Å². The van der Waals surface area contributed by atoms with E-state index in [-0.39, 0.29) is 12.2 Å². The fraction of sp³-hybridized carbons (Fsp3) is 1.00. The third-order valence-corrected chi connectivity index (χ3v) is 3.28. The van der Waals surface area contributed by atoms with Gasteiger partial charge in [-0.15, -0.1) is 0 Å². The molecule has 0 aromatic heterocycles. The van der Waals surface area contributed by atoms with Crippen molar-refractivity contribution < 1.29 is 9.78 Å². The summed E-state index contributed by atoms with van der Waals surface area (Å²) in [5.74, 6) is 0.749. The Bertz CT molecular complexity index is 189. The molecule has 0 spiro atoms. The number of rotatable bonds is 4. The molecule has 1 saturated carbocycles. The highest BCUT2D eigenvalue weighted by Gasteiger charge is 2.33. The molecular weight excluding hydrogens is 188 g/mol. The van der Waals surface area contributed by atoms with E-state index in [9.17, 15) is 0 Å². The zero-order valence-corrected chi connectivity index (χ0v) is 10.9. The molecule has 0 N–H and O–H groups in total. The van der Waals surface area contributed by atoms with Gasteiger partial charge in [-0.25, -0.2) is 9.78 Å². The molecule has 0 aliphatic heterocycles. The van der Waals surface area contributed by atoms with Gasteiger partial charge in [0.2, 0.25) is 0 Å². The van der Waals surface area contributed by atoms with Crippen LogP contribution in [0, 0.1) is 11.3 Å². The molecule has 0 heterocycles. The van der Waals surface area contributed by atoms with Crippen LogP contribution in [-0.2, 0) is 9.78 Å². The van der Waals surface area contributed by atoms with E-state index >= 15 is 0 Å². The van der Waals surface area contributed by atoms with Crippen LogP contribution in [0.2, 0.25) is 0 Å². The summed E-state index contributed by atoms with van der Waals surface area (Å²) in [6.07, 6.45) is 5.07. The van der Waals surface area contributed by atoms with Gasteiger partial charge in [0.15, 0.2) is 0 Å². The highest BCUT2D eigenvalue weighted by atomic mass is 17.2. The number of hydrogen-bond donors (Lipinski definition) is 0. The van der Waals surface area contributed by atoms with Gasteiger partial charge in [-0.1, -0.05) is 27.7 Å². The molecule has 1 aliphatic rings. The molecule has 2 heteroatoms. The summed E-state index contributed by atoms with van der Waals surface area (Å²) < 4.78 is 0. The molecule has 0 aromatic rings. The van der Waals surface area contributed by atoms with Crippen LogP contribution in [-0.4, -0.2) is 12.2 Å². The lowest BCUT2D eigenvalue weighted by Crippen LogP contribution is -2.33. The molecule has 90 valence electrons. The Morgan fingerprint density at radius 1 is 1.33 bits per heavy atom. The Balaban J connectivity index is 2.35. The zero-order chi connectivity index (χ0) is 11.5. The second kappa shape index (κ2) is 5.31. The average Bonchev–Trinajstić information content (AvgIpc) is 2.11. The van der Waals surface area contributed by atoms with Crippen LogP contribution in [0.15, 0.2) is 0 Å². The molecule has 0 amide bonds. The molecule has 0 bridgehead atoms. The van der Waals surface area contributed by atoms with Crippen molar-refractivity contribution in [1.82, 2.24) is 0 Å². The normalized spacial score (nSPS) is 32.6. The maximum Gasteiger partial charge on any atom is 0.0937 e. The fourth-order valence-electron chi connectivity index (χ4n) is 2.57. The van der Waals surface area contributed by atoms with Crippen LogP contribution in [0.1, 0.15) is 60.3 Å². The summed E-state index contributed by atoms with van der Waals surface area (Å²) in [6.45, 7) is 11.1. The first-order valence-electron chi connectivity index (χ1n) is 6.25. The fourth-order valence-corrected chi connectivity index (χ4v) is 2.57. The topological polar surface area (TPSA) is 18.5 Å². The van der Waals surface area contributed by atoms with Crippen molar-refractivity contribution in [3.05, 3.63) is 0 Å². The Morgan fingerprint density at radius 3 is 2.53 bits per heavy atom. The van der Waals surface area contributed by atoms with E-state index in [2.05, 4.69) is 34.6 Å².